The minimum Gasteiger partial charge on any atom is -0.348 e. The fourth-order valence-electron chi connectivity index (χ4n) is 5.71. The second kappa shape index (κ2) is 12.1. The molecule has 0 aromatic heterocycles. The number of rotatable bonds is 7. The molecule has 2 saturated heterocycles. The maximum atomic E-state index is 13.5. The molecular weight excluding hydrogens is 533 g/mol. The Hall–Kier alpha value is -2.90. The van der Waals surface area contributed by atoms with E-state index in [4.69, 9.17) is 27.9 Å². The number of hydrogen-bond acceptors (Lipinski definition) is 4. The summed E-state index contributed by atoms with van der Waals surface area (Å²) in [5, 5.41) is 4.20. The maximum absolute atomic E-state index is 13.5. The van der Waals surface area contributed by atoms with Gasteiger partial charge >= 0.3 is 0 Å². The molecular formula is C31H33Cl2N3O3. The largest absolute Gasteiger partial charge is 0.348 e. The first-order valence-corrected chi connectivity index (χ1v) is 14.1. The average Bonchev–Trinajstić information content (AvgIpc) is 3.38. The number of likely N-dealkylation sites (tertiary alicyclic amines) is 1. The van der Waals surface area contributed by atoms with Crippen LogP contribution in [0.3, 0.4) is 0 Å². The Bertz CT molecular complexity index is 1300. The fourth-order valence-corrected chi connectivity index (χ4v) is 6.02. The number of benzene rings is 3. The smallest absolute Gasteiger partial charge is 0.255 e. The Balaban J connectivity index is 1.28. The molecule has 39 heavy (non-hydrogen) atoms. The van der Waals surface area contributed by atoms with E-state index in [9.17, 15) is 9.59 Å². The van der Waals surface area contributed by atoms with E-state index in [1.165, 1.54) is 0 Å². The van der Waals surface area contributed by atoms with Gasteiger partial charge in [0.15, 0.2) is 0 Å². The number of ether oxygens (including phenoxy) is 1. The van der Waals surface area contributed by atoms with Crippen molar-refractivity contribution < 1.29 is 14.3 Å². The topological polar surface area (TPSA) is 61.9 Å². The fraction of sp³-hybridized carbons (Fsp3) is 0.355. The van der Waals surface area contributed by atoms with Crippen molar-refractivity contribution >= 4 is 35.0 Å². The van der Waals surface area contributed by atoms with Gasteiger partial charge in [-0.05, 0) is 48.2 Å². The van der Waals surface area contributed by atoms with Gasteiger partial charge in [-0.1, -0.05) is 77.8 Å². The van der Waals surface area contributed by atoms with E-state index in [0.29, 0.717) is 28.6 Å². The van der Waals surface area contributed by atoms with Gasteiger partial charge < -0.3 is 19.9 Å². The summed E-state index contributed by atoms with van der Waals surface area (Å²) in [6, 6.07) is 25.0. The molecule has 3 aromatic carbocycles. The molecule has 0 radical (unpaired) electrons. The molecule has 1 N–H and O–H groups in total. The Morgan fingerprint density at radius 2 is 1.62 bits per heavy atom. The molecule has 2 unspecified atom stereocenters. The number of nitrogens with zero attached hydrogens (tertiary/aromatic N) is 2. The Morgan fingerprint density at radius 3 is 2.26 bits per heavy atom. The van der Waals surface area contributed by atoms with Crippen LogP contribution in [0.5, 0.6) is 0 Å². The molecule has 2 aliphatic rings. The Kier molecular flexibility index (Phi) is 8.57. The molecule has 3 aromatic rings. The van der Waals surface area contributed by atoms with Crippen molar-refractivity contribution in [2.24, 2.45) is 0 Å². The number of hydrogen-bond donors (Lipinski definition) is 1. The van der Waals surface area contributed by atoms with E-state index in [0.717, 1.165) is 43.6 Å². The summed E-state index contributed by atoms with van der Waals surface area (Å²) >= 11 is 12.4. The summed E-state index contributed by atoms with van der Waals surface area (Å²) in [7, 11) is 0. The Labute approximate surface area is 239 Å². The number of piperidine rings is 1. The molecule has 0 aliphatic carbocycles. The number of amides is 2. The number of carbonyl (C=O) groups is 2. The van der Waals surface area contributed by atoms with Crippen LogP contribution >= 0.6 is 23.2 Å². The molecule has 2 heterocycles. The van der Waals surface area contributed by atoms with E-state index in [1.54, 1.807) is 13.0 Å². The van der Waals surface area contributed by atoms with Gasteiger partial charge in [-0.15, -0.1) is 0 Å². The molecule has 2 atom stereocenters. The predicted octanol–water partition coefficient (Wildman–Crippen LogP) is 6.05. The first-order chi connectivity index (χ1) is 18.8. The minimum atomic E-state index is -0.367. The van der Waals surface area contributed by atoms with Crippen LogP contribution in [0.25, 0.3) is 0 Å². The van der Waals surface area contributed by atoms with Crippen LogP contribution in [-0.4, -0.2) is 54.0 Å². The highest BCUT2D eigenvalue weighted by Gasteiger charge is 2.39. The molecule has 0 saturated carbocycles. The van der Waals surface area contributed by atoms with Crippen LogP contribution in [-0.2, 0) is 15.1 Å². The van der Waals surface area contributed by atoms with Crippen molar-refractivity contribution in [2.75, 3.05) is 26.2 Å². The summed E-state index contributed by atoms with van der Waals surface area (Å²) in [4.78, 5) is 29.8. The summed E-state index contributed by atoms with van der Waals surface area (Å²) in [6.07, 6.45) is 1.66. The third-order valence-corrected chi connectivity index (χ3v) is 8.51. The van der Waals surface area contributed by atoms with Gasteiger partial charge in [0.05, 0.1) is 22.1 Å². The summed E-state index contributed by atoms with van der Waals surface area (Å²) in [6.45, 7) is 4.48. The van der Waals surface area contributed by atoms with E-state index in [1.807, 2.05) is 65.6 Å². The SMILES string of the molecule is CC(=O)NC1(c2ccccc2)CCN(CCC2OC(c3ccc(Cl)c(Cl)c3)CN2C(=O)c2ccccc2)CC1. The number of carbonyl (C=O) groups excluding carboxylic acids is 2. The quantitative estimate of drug-likeness (QED) is 0.378. The Morgan fingerprint density at radius 1 is 0.949 bits per heavy atom. The van der Waals surface area contributed by atoms with Crippen molar-refractivity contribution in [1.82, 2.24) is 15.1 Å². The third kappa shape index (κ3) is 6.30. The van der Waals surface area contributed by atoms with Gasteiger partial charge in [-0.25, -0.2) is 0 Å². The van der Waals surface area contributed by atoms with E-state index >= 15 is 0 Å². The van der Waals surface area contributed by atoms with Gasteiger partial charge in [0, 0.05) is 38.5 Å². The zero-order valence-electron chi connectivity index (χ0n) is 22.0. The van der Waals surface area contributed by atoms with E-state index in [-0.39, 0.29) is 29.7 Å². The number of nitrogens with one attached hydrogen (secondary N) is 1. The lowest BCUT2D eigenvalue weighted by Crippen LogP contribution is -2.53. The van der Waals surface area contributed by atoms with Crippen LogP contribution in [0.1, 0.15) is 53.8 Å². The zero-order valence-corrected chi connectivity index (χ0v) is 23.5. The van der Waals surface area contributed by atoms with Crippen LogP contribution in [0.4, 0.5) is 0 Å². The summed E-state index contributed by atoms with van der Waals surface area (Å²) < 4.78 is 6.47. The molecule has 0 spiro atoms. The van der Waals surface area contributed by atoms with Crippen molar-refractivity contribution in [3.63, 3.8) is 0 Å². The van der Waals surface area contributed by atoms with Crippen LogP contribution < -0.4 is 5.32 Å². The van der Waals surface area contributed by atoms with Crippen molar-refractivity contribution in [2.45, 2.75) is 44.1 Å². The van der Waals surface area contributed by atoms with E-state index in [2.05, 4.69) is 22.3 Å². The highest BCUT2D eigenvalue weighted by Crippen LogP contribution is 2.36. The zero-order chi connectivity index (χ0) is 27.4. The van der Waals surface area contributed by atoms with Crippen LogP contribution in [0, 0.1) is 0 Å². The van der Waals surface area contributed by atoms with Crippen molar-refractivity contribution in [3.8, 4) is 0 Å². The monoisotopic (exact) mass is 565 g/mol. The first kappa shape index (κ1) is 27.7. The average molecular weight is 567 g/mol. The normalized spacial score (nSPS) is 21.1. The molecule has 5 rings (SSSR count). The van der Waals surface area contributed by atoms with Gasteiger partial charge in [-0.2, -0.15) is 0 Å². The highest BCUT2D eigenvalue weighted by molar-refractivity contribution is 6.42. The van der Waals surface area contributed by atoms with Crippen molar-refractivity contribution in [1.29, 1.82) is 0 Å². The standard InChI is InChI=1S/C31H33Cl2N3O3/c1-22(37)34-31(25-10-6-3-7-11-25)15-18-35(19-16-31)17-14-29-36(30(38)23-8-4-2-5-9-23)21-28(39-29)24-12-13-26(32)27(33)20-24/h2-13,20,28-29H,14-19,21H2,1H3,(H,34,37). The molecule has 2 fully saturated rings. The minimum absolute atomic E-state index is 0.0185. The van der Waals surface area contributed by atoms with Crippen LogP contribution in [0.2, 0.25) is 10.0 Å². The molecule has 2 aliphatic heterocycles. The van der Waals surface area contributed by atoms with Gasteiger partial charge in [0.1, 0.15) is 12.3 Å². The third-order valence-electron chi connectivity index (χ3n) is 7.77. The molecule has 8 heteroatoms. The molecule has 204 valence electrons. The first-order valence-electron chi connectivity index (χ1n) is 13.4. The highest BCUT2D eigenvalue weighted by atomic mass is 35.5. The maximum Gasteiger partial charge on any atom is 0.255 e. The lowest BCUT2D eigenvalue weighted by molar-refractivity contribution is -0.121. The lowest BCUT2D eigenvalue weighted by atomic mass is 9.80. The predicted molar refractivity (Wildman–Crippen MR) is 154 cm³/mol. The molecule has 6 nitrogen and oxygen atoms in total. The van der Waals surface area contributed by atoms with E-state index < -0.39 is 0 Å². The van der Waals surface area contributed by atoms with Gasteiger partial charge in [-0.3, -0.25) is 9.59 Å². The van der Waals surface area contributed by atoms with Gasteiger partial charge in [0.2, 0.25) is 5.91 Å². The number of halogens is 2. The lowest BCUT2D eigenvalue weighted by Gasteiger charge is -2.43. The molecule has 0 bridgehead atoms. The second-order valence-corrected chi connectivity index (χ2v) is 11.2. The van der Waals surface area contributed by atoms with Crippen molar-refractivity contribution in [3.05, 3.63) is 106 Å². The van der Waals surface area contributed by atoms with Gasteiger partial charge in [0.25, 0.3) is 5.91 Å². The summed E-state index contributed by atoms with van der Waals surface area (Å²) in [5.41, 5.74) is 2.32. The second-order valence-electron chi connectivity index (χ2n) is 10.3. The van der Waals surface area contributed by atoms with Crippen LogP contribution in [0.15, 0.2) is 78.9 Å². The summed E-state index contributed by atoms with van der Waals surface area (Å²) in [5.74, 6) is -0.0642. The molecule has 2 amide bonds.